The SMILES string of the molecule is CCc1nc2c(-c3cncc(-c4ccc(N5CCCC5=O)cc4)c3)c[nH]n2c(=O)c1C. The normalized spacial score (nSPS) is 14.0. The monoisotopic (exact) mass is 413 g/mol. The zero-order valence-electron chi connectivity index (χ0n) is 17.6. The summed E-state index contributed by atoms with van der Waals surface area (Å²) in [7, 11) is 0. The van der Waals surface area contributed by atoms with Gasteiger partial charge in [-0.2, -0.15) is 0 Å². The van der Waals surface area contributed by atoms with Crippen molar-refractivity contribution in [1.29, 1.82) is 0 Å². The van der Waals surface area contributed by atoms with Crippen LogP contribution in [0.15, 0.2) is 53.7 Å². The van der Waals surface area contributed by atoms with E-state index in [9.17, 15) is 9.59 Å². The van der Waals surface area contributed by atoms with Gasteiger partial charge in [-0.3, -0.25) is 19.7 Å². The average molecular weight is 413 g/mol. The van der Waals surface area contributed by atoms with E-state index in [1.165, 1.54) is 4.52 Å². The van der Waals surface area contributed by atoms with Crippen molar-refractivity contribution in [3.63, 3.8) is 0 Å². The topological polar surface area (TPSA) is 83.4 Å². The van der Waals surface area contributed by atoms with Crippen molar-refractivity contribution < 1.29 is 4.79 Å². The van der Waals surface area contributed by atoms with Gasteiger partial charge in [-0.25, -0.2) is 9.50 Å². The number of amides is 1. The van der Waals surface area contributed by atoms with Gasteiger partial charge < -0.3 is 4.90 Å². The van der Waals surface area contributed by atoms with Crippen LogP contribution < -0.4 is 10.5 Å². The maximum atomic E-state index is 12.7. The first-order valence-electron chi connectivity index (χ1n) is 10.5. The summed E-state index contributed by atoms with van der Waals surface area (Å²) in [5.41, 5.74) is 6.62. The van der Waals surface area contributed by atoms with Gasteiger partial charge in [-0.05, 0) is 43.5 Å². The predicted molar refractivity (Wildman–Crippen MR) is 120 cm³/mol. The summed E-state index contributed by atoms with van der Waals surface area (Å²) in [6.45, 7) is 4.59. The smallest absolute Gasteiger partial charge is 0.275 e. The van der Waals surface area contributed by atoms with Crippen molar-refractivity contribution >= 4 is 17.2 Å². The van der Waals surface area contributed by atoms with Gasteiger partial charge in [0.25, 0.3) is 5.56 Å². The second-order valence-corrected chi connectivity index (χ2v) is 7.85. The summed E-state index contributed by atoms with van der Waals surface area (Å²) in [6, 6.07) is 10.0. The fourth-order valence-electron chi connectivity index (χ4n) is 4.20. The Kier molecular flexibility index (Phi) is 4.66. The highest BCUT2D eigenvalue weighted by Crippen LogP contribution is 2.29. The van der Waals surface area contributed by atoms with Crippen molar-refractivity contribution in [1.82, 2.24) is 19.6 Å². The lowest BCUT2D eigenvalue weighted by Crippen LogP contribution is -2.23. The minimum absolute atomic E-state index is 0.0794. The maximum Gasteiger partial charge on any atom is 0.275 e. The number of hydrogen-bond donors (Lipinski definition) is 1. The summed E-state index contributed by atoms with van der Waals surface area (Å²) < 4.78 is 1.48. The standard InChI is InChI=1S/C24H23N5O2/c1-3-21-15(2)24(31)29-23(27-21)20(14-26-29)18-11-17(12-25-13-18)16-6-8-19(9-7-16)28-10-4-5-22(28)30/h6-9,11-14,26H,3-5,10H2,1-2H3. The zero-order chi connectivity index (χ0) is 21.5. The largest absolute Gasteiger partial charge is 0.312 e. The quantitative estimate of drug-likeness (QED) is 0.552. The second-order valence-electron chi connectivity index (χ2n) is 7.85. The molecule has 0 spiro atoms. The van der Waals surface area contributed by atoms with E-state index in [0.717, 1.165) is 46.6 Å². The van der Waals surface area contributed by atoms with Crippen molar-refractivity contribution in [3.8, 4) is 22.3 Å². The van der Waals surface area contributed by atoms with Gasteiger partial charge in [0.1, 0.15) is 0 Å². The second kappa shape index (κ2) is 7.50. The Morgan fingerprint density at radius 2 is 1.84 bits per heavy atom. The summed E-state index contributed by atoms with van der Waals surface area (Å²) in [4.78, 5) is 35.6. The molecule has 0 aliphatic carbocycles. The van der Waals surface area contributed by atoms with Crippen LogP contribution >= 0.6 is 0 Å². The van der Waals surface area contributed by atoms with Crippen LogP contribution in [0.25, 0.3) is 27.9 Å². The summed E-state index contributed by atoms with van der Waals surface area (Å²) >= 11 is 0. The Balaban J connectivity index is 1.53. The third-order valence-corrected chi connectivity index (χ3v) is 5.96. The van der Waals surface area contributed by atoms with E-state index in [4.69, 9.17) is 4.98 Å². The van der Waals surface area contributed by atoms with Gasteiger partial charge in [0.05, 0.1) is 5.69 Å². The van der Waals surface area contributed by atoms with E-state index < -0.39 is 0 Å². The number of fused-ring (bicyclic) bond motifs is 1. The lowest BCUT2D eigenvalue weighted by atomic mass is 10.0. The highest BCUT2D eigenvalue weighted by molar-refractivity contribution is 5.95. The Bertz CT molecular complexity index is 1350. The zero-order valence-corrected chi connectivity index (χ0v) is 17.6. The number of carbonyl (C=O) groups is 1. The van der Waals surface area contributed by atoms with Crippen LogP contribution in [0.2, 0.25) is 0 Å². The molecule has 1 fully saturated rings. The third-order valence-electron chi connectivity index (χ3n) is 5.96. The minimum Gasteiger partial charge on any atom is -0.312 e. The number of nitrogens with one attached hydrogen (secondary N) is 1. The van der Waals surface area contributed by atoms with Gasteiger partial charge in [0.2, 0.25) is 5.91 Å². The first-order chi connectivity index (χ1) is 15.1. The summed E-state index contributed by atoms with van der Waals surface area (Å²) in [5.74, 6) is 0.181. The molecule has 0 atom stereocenters. The van der Waals surface area contributed by atoms with Crippen LogP contribution in [0, 0.1) is 6.92 Å². The Labute approximate surface area is 179 Å². The van der Waals surface area contributed by atoms with Crippen molar-refractivity contribution in [2.24, 2.45) is 0 Å². The van der Waals surface area contributed by atoms with Crippen LogP contribution in [0.5, 0.6) is 0 Å². The number of nitrogens with zero attached hydrogens (tertiary/aromatic N) is 4. The minimum atomic E-state index is -0.0794. The molecule has 1 aliphatic heterocycles. The number of aryl methyl sites for hydroxylation is 1. The first kappa shape index (κ1) is 19.2. The molecule has 7 heteroatoms. The summed E-state index contributed by atoms with van der Waals surface area (Å²) in [5, 5.41) is 3.03. The molecule has 0 saturated carbocycles. The molecular weight excluding hydrogens is 390 g/mol. The van der Waals surface area contributed by atoms with E-state index in [0.29, 0.717) is 24.1 Å². The maximum absolute atomic E-state index is 12.7. The Hall–Kier alpha value is -3.74. The van der Waals surface area contributed by atoms with Crippen LogP contribution in [0.1, 0.15) is 31.0 Å². The highest BCUT2D eigenvalue weighted by atomic mass is 16.2. The van der Waals surface area contributed by atoms with E-state index >= 15 is 0 Å². The number of carbonyl (C=O) groups excluding carboxylic acids is 1. The van der Waals surface area contributed by atoms with Crippen LogP contribution in [0.3, 0.4) is 0 Å². The predicted octanol–water partition coefficient (Wildman–Crippen LogP) is 3.75. The van der Waals surface area contributed by atoms with E-state index in [2.05, 4.69) is 10.1 Å². The Morgan fingerprint density at radius 3 is 2.55 bits per heavy atom. The fraction of sp³-hybridized carbons (Fsp3) is 0.250. The fourth-order valence-corrected chi connectivity index (χ4v) is 4.20. The molecule has 156 valence electrons. The lowest BCUT2D eigenvalue weighted by molar-refractivity contribution is -0.117. The lowest BCUT2D eigenvalue weighted by Gasteiger charge is -2.16. The molecule has 1 amide bonds. The number of aromatic amines is 1. The van der Waals surface area contributed by atoms with Gasteiger partial charge in [-0.1, -0.05) is 19.1 Å². The first-order valence-corrected chi connectivity index (χ1v) is 10.5. The molecule has 4 heterocycles. The molecule has 7 nitrogen and oxygen atoms in total. The number of pyridine rings is 1. The number of aromatic nitrogens is 4. The number of H-pyrrole nitrogens is 1. The number of rotatable bonds is 4. The van der Waals surface area contributed by atoms with E-state index in [1.807, 2.05) is 55.3 Å². The van der Waals surface area contributed by atoms with Crippen LogP contribution in [-0.2, 0) is 11.2 Å². The van der Waals surface area contributed by atoms with Crippen molar-refractivity contribution in [3.05, 3.63) is 70.5 Å². The molecule has 3 aromatic heterocycles. The van der Waals surface area contributed by atoms with Gasteiger partial charge >= 0.3 is 0 Å². The molecule has 31 heavy (non-hydrogen) atoms. The highest BCUT2D eigenvalue weighted by Gasteiger charge is 2.21. The van der Waals surface area contributed by atoms with Crippen LogP contribution in [-0.4, -0.2) is 32.0 Å². The molecule has 5 rings (SSSR count). The van der Waals surface area contributed by atoms with Crippen LogP contribution in [0.4, 0.5) is 5.69 Å². The van der Waals surface area contributed by atoms with Crippen molar-refractivity contribution in [2.45, 2.75) is 33.1 Å². The third kappa shape index (κ3) is 3.22. The summed E-state index contributed by atoms with van der Waals surface area (Å²) in [6.07, 6.45) is 7.62. The Morgan fingerprint density at radius 1 is 1.06 bits per heavy atom. The molecule has 0 bridgehead atoms. The molecule has 0 radical (unpaired) electrons. The number of hydrogen-bond acceptors (Lipinski definition) is 4. The average Bonchev–Trinajstić information content (AvgIpc) is 3.42. The molecular formula is C24H23N5O2. The van der Waals surface area contributed by atoms with Gasteiger partial charge in [0.15, 0.2) is 5.65 Å². The molecule has 1 N–H and O–H groups in total. The molecule has 1 aromatic carbocycles. The molecule has 4 aromatic rings. The molecule has 0 unspecified atom stereocenters. The molecule has 1 saturated heterocycles. The number of anilines is 1. The molecule has 1 aliphatic rings. The number of benzene rings is 1. The van der Waals surface area contributed by atoms with E-state index in [1.54, 1.807) is 12.4 Å². The van der Waals surface area contributed by atoms with E-state index in [-0.39, 0.29) is 11.5 Å². The van der Waals surface area contributed by atoms with Crippen molar-refractivity contribution in [2.75, 3.05) is 11.4 Å². The van der Waals surface area contributed by atoms with Gasteiger partial charge in [-0.15, -0.1) is 0 Å². The van der Waals surface area contributed by atoms with Gasteiger partial charge in [0, 0.05) is 59.5 Å².